The molecule has 2 aliphatic rings. The normalized spacial score (nSPS) is 20.3. The largest absolute Gasteiger partial charge is 0.748 e. The molecule has 0 saturated carbocycles. The predicted molar refractivity (Wildman–Crippen MR) is 87.8 cm³/mol. The van der Waals surface area contributed by atoms with Crippen LogP contribution in [0.1, 0.15) is 13.3 Å². The van der Waals surface area contributed by atoms with Crippen LogP contribution in [-0.2, 0) is 19.6 Å². The average molecular weight is 379 g/mol. The Morgan fingerprint density at radius 2 is 2.08 bits per heavy atom. The Balaban J connectivity index is 0.000000450. The van der Waals surface area contributed by atoms with Crippen molar-refractivity contribution in [1.29, 1.82) is 0 Å². The summed E-state index contributed by atoms with van der Waals surface area (Å²) in [4.78, 5) is 20.6. The molecule has 25 heavy (non-hydrogen) atoms. The van der Waals surface area contributed by atoms with Gasteiger partial charge in [0.1, 0.15) is 6.73 Å². The predicted octanol–water partition coefficient (Wildman–Crippen LogP) is -3.36. The molecule has 11 nitrogen and oxygen atoms in total. The van der Waals surface area contributed by atoms with Crippen molar-refractivity contribution < 1.29 is 32.5 Å². The number of likely N-dealkylation sites (N-methyl/N-ethyl adjacent to an activating group) is 2. The van der Waals surface area contributed by atoms with E-state index in [1.807, 2.05) is 16.8 Å². The van der Waals surface area contributed by atoms with E-state index in [0.29, 0.717) is 42.8 Å². The van der Waals surface area contributed by atoms with Crippen LogP contribution in [0, 0.1) is 0 Å². The van der Waals surface area contributed by atoms with Crippen LogP contribution < -0.4 is 10.6 Å². The molecule has 0 saturated heterocycles. The molecular weight excluding hydrogens is 354 g/mol. The Hall–Kier alpha value is -1.73. The van der Waals surface area contributed by atoms with Gasteiger partial charge in [-0.2, -0.15) is 4.99 Å². The number of nitrogens with two attached hydrogens (primary N) is 1. The Morgan fingerprint density at radius 3 is 2.60 bits per heavy atom. The van der Waals surface area contributed by atoms with Gasteiger partial charge >= 0.3 is 11.9 Å². The van der Waals surface area contributed by atoms with Gasteiger partial charge in [-0.15, -0.1) is 0 Å². The van der Waals surface area contributed by atoms with Crippen molar-refractivity contribution in [2.75, 3.05) is 46.5 Å². The Kier molecular flexibility index (Phi) is 7.76. The van der Waals surface area contributed by atoms with E-state index in [-0.39, 0.29) is 24.2 Å². The molecule has 0 radical (unpaired) electrons. The number of hydrogen-bond acceptors (Lipinski definition) is 10. The zero-order valence-corrected chi connectivity index (χ0v) is 15.4. The fraction of sp³-hybridized carbons (Fsp3) is 0.692. The molecule has 2 heterocycles. The lowest BCUT2D eigenvalue weighted by Crippen LogP contribution is -3.16. The number of nitrogens with zero attached hydrogens (tertiary/aromatic N) is 3. The molecule has 2 rings (SSSR count). The number of carbonyl (C=O) groups excluding carboxylic acids is 1. The topological polar surface area (TPSA) is 153 Å². The summed E-state index contributed by atoms with van der Waals surface area (Å²) in [6.45, 7) is 2.75. The van der Waals surface area contributed by atoms with Crippen molar-refractivity contribution in [3.63, 3.8) is 0 Å². The lowest BCUT2D eigenvalue weighted by molar-refractivity contribution is -0.696. The molecule has 2 aliphatic heterocycles. The summed E-state index contributed by atoms with van der Waals surface area (Å²) in [5.74, 6) is 0.439. The van der Waals surface area contributed by atoms with Crippen LogP contribution >= 0.6 is 0 Å². The summed E-state index contributed by atoms with van der Waals surface area (Å²) < 4.78 is 33.8. The highest BCUT2D eigenvalue weighted by Gasteiger charge is 2.41. The maximum absolute atomic E-state index is 12.2. The van der Waals surface area contributed by atoms with E-state index in [9.17, 15) is 17.8 Å². The molecule has 0 aliphatic carbocycles. The molecule has 12 heteroatoms. The van der Waals surface area contributed by atoms with E-state index in [2.05, 4.69) is 4.99 Å². The molecule has 0 aromatic carbocycles. The maximum Gasteiger partial charge on any atom is 0.371 e. The summed E-state index contributed by atoms with van der Waals surface area (Å²) in [7, 11) is -0.394. The first-order valence-electron chi connectivity index (χ1n) is 7.67. The standard InChI is InChI=1S/C11H19N5O3.C2H6O3S/c1-14-6-16(7-19-5-3-4-17)9-8(14)10(18)15(2)11(12)13-9;1-2-6(3,4)5/h17H,3-7H2,1-2H3,(H2,12,13);2H2,1H3,(H,3,4,5). The average Bonchev–Trinajstić information content (AvgIpc) is 2.85. The van der Waals surface area contributed by atoms with Crippen molar-refractivity contribution in [2.24, 2.45) is 10.7 Å². The van der Waals surface area contributed by atoms with Crippen LogP contribution in [0.2, 0.25) is 0 Å². The third-order valence-electron chi connectivity index (χ3n) is 3.49. The number of nitrogens with one attached hydrogen (secondary N) is 1. The molecule has 1 unspecified atom stereocenters. The second kappa shape index (κ2) is 9.10. The van der Waals surface area contributed by atoms with Crippen LogP contribution in [0.15, 0.2) is 16.5 Å². The van der Waals surface area contributed by atoms with E-state index in [4.69, 9.17) is 15.6 Å². The lowest BCUT2D eigenvalue weighted by Gasteiger charge is -2.20. The summed E-state index contributed by atoms with van der Waals surface area (Å²) >= 11 is 0. The molecular formula is C13H25N5O6S. The first-order valence-corrected chi connectivity index (χ1v) is 9.25. The molecule has 0 bridgehead atoms. The fourth-order valence-corrected chi connectivity index (χ4v) is 2.05. The Bertz CT molecular complexity index is 647. The van der Waals surface area contributed by atoms with E-state index in [1.54, 1.807) is 7.05 Å². The summed E-state index contributed by atoms with van der Waals surface area (Å²) in [6, 6.07) is 0. The summed E-state index contributed by atoms with van der Waals surface area (Å²) in [6.07, 6.45) is 0.590. The van der Waals surface area contributed by atoms with Gasteiger partial charge in [-0.05, 0) is 6.42 Å². The molecule has 0 aromatic rings. The molecule has 0 fully saturated rings. The second-order valence-electron chi connectivity index (χ2n) is 5.46. The van der Waals surface area contributed by atoms with Crippen LogP contribution in [0.4, 0.5) is 0 Å². The van der Waals surface area contributed by atoms with Crippen molar-refractivity contribution in [1.82, 2.24) is 9.80 Å². The van der Waals surface area contributed by atoms with Crippen molar-refractivity contribution >= 4 is 22.0 Å². The first kappa shape index (κ1) is 21.3. The number of aliphatic hydroxyl groups excluding tert-OH is 1. The van der Waals surface area contributed by atoms with Gasteiger partial charge in [0.05, 0.1) is 30.4 Å². The minimum atomic E-state index is -3.91. The zero-order valence-electron chi connectivity index (χ0n) is 14.6. The Morgan fingerprint density at radius 1 is 1.48 bits per heavy atom. The number of amides is 1. The summed E-state index contributed by atoms with van der Waals surface area (Å²) in [5, 5.41) is 8.69. The number of quaternary nitrogens is 1. The molecule has 0 aromatic heterocycles. The third-order valence-corrected chi connectivity index (χ3v) is 4.20. The van der Waals surface area contributed by atoms with Gasteiger partial charge in [0.25, 0.3) is 0 Å². The van der Waals surface area contributed by atoms with Crippen molar-refractivity contribution in [2.45, 2.75) is 13.3 Å². The zero-order chi connectivity index (χ0) is 19.2. The first-order chi connectivity index (χ1) is 11.6. The highest BCUT2D eigenvalue weighted by Crippen LogP contribution is 2.24. The second-order valence-corrected chi connectivity index (χ2v) is 7.16. The van der Waals surface area contributed by atoms with Crippen LogP contribution in [0.25, 0.3) is 0 Å². The molecule has 1 amide bonds. The number of rotatable bonds is 6. The molecule has 4 N–H and O–H groups in total. The van der Waals surface area contributed by atoms with E-state index >= 15 is 0 Å². The number of guanidine groups is 1. The van der Waals surface area contributed by atoms with E-state index in [0.717, 1.165) is 0 Å². The summed E-state index contributed by atoms with van der Waals surface area (Å²) in [5.41, 5.74) is 6.31. The minimum Gasteiger partial charge on any atom is -0.748 e. The van der Waals surface area contributed by atoms with E-state index in [1.165, 1.54) is 6.92 Å². The van der Waals surface area contributed by atoms with Gasteiger partial charge in [0.2, 0.25) is 0 Å². The van der Waals surface area contributed by atoms with Crippen molar-refractivity contribution in [3.8, 4) is 0 Å². The van der Waals surface area contributed by atoms with Gasteiger partial charge in [-0.1, -0.05) is 6.92 Å². The number of carbonyl (C=O) groups is 1. The van der Waals surface area contributed by atoms with Crippen LogP contribution in [0.3, 0.4) is 0 Å². The third kappa shape index (κ3) is 5.93. The minimum absolute atomic E-state index is 0.0807. The van der Waals surface area contributed by atoms with Gasteiger partial charge in [-0.25, -0.2) is 18.1 Å². The molecule has 0 spiro atoms. The Labute approximate surface area is 147 Å². The fourth-order valence-electron chi connectivity index (χ4n) is 2.05. The van der Waals surface area contributed by atoms with E-state index < -0.39 is 10.1 Å². The number of hydrogen-bond donors (Lipinski definition) is 3. The number of aliphatic imine (C=N–C) groups is 1. The smallest absolute Gasteiger partial charge is 0.371 e. The van der Waals surface area contributed by atoms with Gasteiger partial charge in [-0.3, -0.25) is 0 Å². The lowest BCUT2D eigenvalue weighted by atomic mass is 10.3. The maximum atomic E-state index is 12.2. The molecule has 144 valence electrons. The van der Waals surface area contributed by atoms with Gasteiger partial charge < -0.3 is 29.9 Å². The SMILES string of the molecule is CCS(=O)(=O)[O-].CN1CN(COCCCO)C2=C1C(=O)[NH+](C)C(N)=N2. The van der Waals surface area contributed by atoms with Crippen molar-refractivity contribution in [3.05, 3.63) is 11.5 Å². The highest BCUT2D eigenvalue weighted by atomic mass is 32.2. The number of ether oxygens (including phenoxy) is 1. The van der Waals surface area contributed by atoms with Crippen LogP contribution in [0.5, 0.6) is 0 Å². The van der Waals surface area contributed by atoms with Crippen LogP contribution in [-0.4, -0.2) is 86.2 Å². The quantitative estimate of drug-likeness (QED) is 0.317. The highest BCUT2D eigenvalue weighted by molar-refractivity contribution is 7.85. The monoisotopic (exact) mass is 379 g/mol. The number of aliphatic hydroxyl groups is 1. The van der Waals surface area contributed by atoms with Gasteiger partial charge in [0.15, 0.2) is 11.5 Å². The molecule has 1 atom stereocenters. The van der Waals surface area contributed by atoms with Gasteiger partial charge in [0, 0.05) is 19.4 Å².